The Kier molecular flexibility index (Phi) is 3.52. The van der Waals surface area contributed by atoms with Gasteiger partial charge in [-0.05, 0) is 20.0 Å². The summed E-state index contributed by atoms with van der Waals surface area (Å²) in [6.45, 7) is 3.02. The van der Waals surface area contributed by atoms with E-state index in [0.717, 1.165) is 18.1 Å². The summed E-state index contributed by atoms with van der Waals surface area (Å²) in [7, 11) is 1.96. The summed E-state index contributed by atoms with van der Waals surface area (Å²) in [6, 6.07) is 2.01. The minimum atomic E-state index is 1.02. The molecule has 0 bridgehead atoms. The van der Waals surface area contributed by atoms with Crippen LogP contribution in [0.25, 0.3) is 0 Å². The lowest BCUT2D eigenvalue weighted by Gasteiger charge is -1.97. The highest BCUT2D eigenvalue weighted by molar-refractivity contribution is 7.99. The summed E-state index contributed by atoms with van der Waals surface area (Å²) in [5, 5.41) is 3.10. The monoisotopic (exact) mass is 171 g/mol. The number of aryl methyl sites for hydroxylation is 1. The first kappa shape index (κ1) is 8.68. The van der Waals surface area contributed by atoms with E-state index in [2.05, 4.69) is 5.32 Å². The Morgan fingerprint density at radius 2 is 2.45 bits per heavy atom. The van der Waals surface area contributed by atoms with Gasteiger partial charge in [-0.3, -0.25) is 0 Å². The molecular formula is C8H13NOS. The van der Waals surface area contributed by atoms with E-state index < -0.39 is 0 Å². The molecule has 1 heterocycles. The van der Waals surface area contributed by atoms with Crippen molar-refractivity contribution in [2.45, 2.75) is 11.8 Å². The zero-order chi connectivity index (χ0) is 8.10. The van der Waals surface area contributed by atoms with E-state index in [-0.39, 0.29) is 0 Å². The van der Waals surface area contributed by atoms with Crippen LogP contribution in [0.2, 0.25) is 0 Å². The molecule has 1 N–H and O–H groups in total. The Hall–Kier alpha value is -0.410. The van der Waals surface area contributed by atoms with Crippen molar-refractivity contribution in [3.63, 3.8) is 0 Å². The molecule has 3 heteroatoms. The van der Waals surface area contributed by atoms with E-state index in [1.165, 1.54) is 4.90 Å². The summed E-state index contributed by atoms with van der Waals surface area (Å²) < 4.78 is 5.15. The van der Waals surface area contributed by atoms with Crippen LogP contribution >= 0.6 is 11.8 Å². The van der Waals surface area contributed by atoms with Gasteiger partial charge in [0.05, 0.1) is 6.26 Å². The Morgan fingerprint density at radius 3 is 3.00 bits per heavy atom. The van der Waals surface area contributed by atoms with Gasteiger partial charge in [-0.25, -0.2) is 0 Å². The number of nitrogens with one attached hydrogen (secondary N) is 1. The fourth-order valence-electron chi connectivity index (χ4n) is 0.786. The van der Waals surface area contributed by atoms with Gasteiger partial charge < -0.3 is 9.73 Å². The molecule has 2 nitrogen and oxygen atoms in total. The third kappa shape index (κ3) is 2.60. The molecular weight excluding hydrogens is 158 g/mol. The van der Waals surface area contributed by atoms with Gasteiger partial charge in [0.1, 0.15) is 5.76 Å². The van der Waals surface area contributed by atoms with Gasteiger partial charge in [-0.15, -0.1) is 11.8 Å². The minimum absolute atomic E-state index is 1.02. The van der Waals surface area contributed by atoms with Crippen LogP contribution in [-0.4, -0.2) is 19.3 Å². The molecule has 11 heavy (non-hydrogen) atoms. The molecule has 1 rings (SSSR count). The first-order chi connectivity index (χ1) is 5.34. The van der Waals surface area contributed by atoms with Crippen molar-refractivity contribution < 1.29 is 4.42 Å². The molecule has 0 saturated carbocycles. The maximum Gasteiger partial charge on any atom is 0.114 e. The van der Waals surface area contributed by atoms with Gasteiger partial charge in [0.2, 0.25) is 0 Å². The quantitative estimate of drug-likeness (QED) is 0.553. The van der Waals surface area contributed by atoms with Gasteiger partial charge in [0, 0.05) is 17.2 Å². The highest BCUT2D eigenvalue weighted by atomic mass is 32.2. The average molecular weight is 171 g/mol. The maximum absolute atomic E-state index is 5.15. The van der Waals surface area contributed by atoms with E-state index >= 15 is 0 Å². The van der Waals surface area contributed by atoms with Gasteiger partial charge >= 0.3 is 0 Å². The summed E-state index contributed by atoms with van der Waals surface area (Å²) in [4.78, 5) is 1.25. The van der Waals surface area contributed by atoms with E-state index in [0.29, 0.717) is 0 Å². The number of thioether (sulfide) groups is 1. The predicted octanol–water partition coefficient (Wildman–Crippen LogP) is 1.90. The zero-order valence-electron chi connectivity index (χ0n) is 6.89. The molecule has 0 aliphatic carbocycles. The zero-order valence-corrected chi connectivity index (χ0v) is 7.70. The number of rotatable bonds is 4. The predicted molar refractivity (Wildman–Crippen MR) is 48.1 cm³/mol. The van der Waals surface area contributed by atoms with Crippen molar-refractivity contribution in [2.24, 2.45) is 0 Å². The van der Waals surface area contributed by atoms with Crippen LogP contribution in [0.3, 0.4) is 0 Å². The molecule has 0 aliphatic heterocycles. The molecule has 0 unspecified atom stereocenters. The minimum Gasteiger partial charge on any atom is -0.468 e. The van der Waals surface area contributed by atoms with Crippen molar-refractivity contribution in [1.82, 2.24) is 5.32 Å². The van der Waals surface area contributed by atoms with Crippen LogP contribution in [-0.2, 0) is 0 Å². The van der Waals surface area contributed by atoms with E-state index in [1.807, 2.05) is 31.8 Å². The molecule has 1 aromatic rings. The Bertz CT molecular complexity index is 210. The van der Waals surface area contributed by atoms with Crippen LogP contribution in [0.15, 0.2) is 21.6 Å². The summed E-state index contributed by atoms with van der Waals surface area (Å²) in [5.41, 5.74) is 0. The third-order valence-corrected chi connectivity index (χ3v) is 2.56. The van der Waals surface area contributed by atoms with Crippen molar-refractivity contribution in [1.29, 1.82) is 0 Å². The van der Waals surface area contributed by atoms with Crippen LogP contribution in [0.4, 0.5) is 0 Å². The highest BCUT2D eigenvalue weighted by Crippen LogP contribution is 2.22. The largest absolute Gasteiger partial charge is 0.468 e. The number of hydrogen-bond donors (Lipinski definition) is 1. The summed E-state index contributed by atoms with van der Waals surface area (Å²) in [5.74, 6) is 2.11. The van der Waals surface area contributed by atoms with Gasteiger partial charge in [0.15, 0.2) is 0 Å². The first-order valence-electron chi connectivity index (χ1n) is 3.66. The average Bonchev–Trinajstić information content (AvgIpc) is 2.37. The lowest BCUT2D eigenvalue weighted by molar-refractivity contribution is 0.527. The van der Waals surface area contributed by atoms with Gasteiger partial charge in [-0.1, -0.05) is 0 Å². The van der Waals surface area contributed by atoms with Gasteiger partial charge in [0.25, 0.3) is 0 Å². The molecule has 62 valence electrons. The summed E-state index contributed by atoms with van der Waals surface area (Å²) >= 11 is 1.82. The van der Waals surface area contributed by atoms with E-state index in [4.69, 9.17) is 4.42 Å². The fourth-order valence-corrected chi connectivity index (χ4v) is 1.72. The van der Waals surface area contributed by atoms with Crippen LogP contribution in [0.1, 0.15) is 5.76 Å². The van der Waals surface area contributed by atoms with Gasteiger partial charge in [-0.2, -0.15) is 0 Å². The Balaban J connectivity index is 2.32. The first-order valence-corrected chi connectivity index (χ1v) is 4.64. The maximum atomic E-state index is 5.15. The van der Waals surface area contributed by atoms with E-state index in [9.17, 15) is 0 Å². The van der Waals surface area contributed by atoms with Crippen molar-refractivity contribution >= 4 is 11.8 Å². The molecule has 0 amide bonds. The molecule has 0 atom stereocenters. The number of furan rings is 1. The Morgan fingerprint density at radius 1 is 1.64 bits per heavy atom. The molecule has 0 aromatic carbocycles. The summed E-state index contributed by atoms with van der Waals surface area (Å²) in [6.07, 6.45) is 1.73. The lowest BCUT2D eigenvalue weighted by atomic mass is 10.5. The second kappa shape index (κ2) is 4.46. The second-order valence-electron chi connectivity index (χ2n) is 2.29. The molecule has 1 aromatic heterocycles. The number of hydrogen-bond acceptors (Lipinski definition) is 3. The Labute approximate surface area is 71.4 Å². The topological polar surface area (TPSA) is 25.2 Å². The van der Waals surface area contributed by atoms with Crippen molar-refractivity contribution in [2.75, 3.05) is 19.3 Å². The normalized spacial score (nSPS) is 10.4. The van der Waals surface area contributed by atoms with Crippen LogP contribution in [0, 0.1) is 6.92 Å². The van der Waals surface area contributed by atoms with Crippen LogP contribution in [0.5, 0.6) is 0 Å². The second-order valence-corrected chi connectivity index (χ2v) is 3.43. The highest BCUT2D eigenvalue weighted by Gasteiger charge is 1.99. The SMILES string of the molecule is CNCCSc1ccoc1C. The lowest BCUT2D eigenvalue weighted by Crippen LogP contribution is -2.09. The van der Waals surface area contributed by atoms with E-state index in [1.54, 1.807) is 6.26 Å². The van der Waals surface area contributed by atoms with Crippen LogP contribution < -0.4 is 5.32 Å². The van der Waals surface area contributed by atoms with Crippen molar-refractivity contribution in [3.8, 4) is 0 Å². The molecule has 0 aliphatic rings. The molecule has 0 radical (unpaired) electrons. The standard InChI is InChI=1S/C8H13NOS/c1-7-8(3-5-10-7)11-6-4-9-2/h3,5,9H,4,6H2,1-2H3. The molecule has 0 fully saturated rings. The fraction of sp³-hybridized carbons (Fsp3) is 0.500. The smallest absolute Gasteiger partial charge is 0.114 e. The third-order valence-electron chi connectivity index (χ3n) is 1.42. The molecule has 0 spiro atoms. The molecule has 0 saturated heterocycles. The van der Waals surface area contributed by atoms with Crippen molar-refractivity contribution in [3.05, 3.63) is 18.1 Å².